The van der Waals surface area contributed by atoms with Gasteiger partial charge in [-0.2, -0.15) is 0 Å². The number of carbonyl (C=O) groups is 2. The highest BCUT2D eigenvalue weighted by Gasteiger charge is 2.45. The number of amides is 2. The maximum absolute atomic E-state index is 13.1. The molecule has 2 aromatic rings. The summed E-state index contributed by atoms with van der Waals surface area (Å²) in [6, 6.07) is 13.3. The van der Waals surface area contributed by atoms with Crippen LogP contribution in [0, 0.1) is 0 Å². The number of rotatable bonds is 5. The van der Waals surface area contributed by atoms with Gasteiger partial charge in [0.05, 0.1) is 22.8 Å². The molecule has 1 aliphatic heterocycles. The lowest BCUT2D eigenvalue weighted by molar-refractivity contribution is -0.124. The van der Waals surface area contributed by atoms with Crippen LogP contribution in [0.5, 0.6) is 0 Å². The third kappa shape index (κ3) is 4.14. The molecular weight excluding hydrogens is 417 g/mol. The molecule has 0 spiro atoms. The second-order valence-corrected chi connectivity index (χ2v) is 7.89. The molecule has 0 bridgehead atoms. The fraction of sp³-hybridized carbons (Fsp3) is 0.250. The van der Waals surface area contributed by atoms with Crippen molar-refractivity contribution in [2.24, 2.45) is 0 Å². The van der Waals surface area contributed by atoms with Crippen LogP contribution in [0.1, 0.15) is 20.3 Å². The van der Waals surface area contributed by atoms with Crippen LogP contribution in [0.4, 0.5) is 11.4 Å². The lowest BCUT2D eigenvalue weighted by atomic mass is 10.1. The Morgan fingerprint density at radius 2 is 1.86 bits per heavy atom. The van der Waals surface area contributed by atoms with Crippen LogP contribution >= 0.6 is 35.4 Å². The number of hydrogen-bond acceptors (Lipinski definition) is 3. The van der Waals surface area contributed by atoms with Crippen molar-refractivity contribution in [1.29, 1.82) is 0 Å². The fourth-order valence-electron chi connectivity index (χ4n) is 3.16. The van der Waals surface area contributed by atoms with Gasteiger partial charge in [0.15, 0.2) is 5.11 Å². The average Bonchev–Trinajstić information content (AvgIpc) is 2.89. The van der Waals surface area contributed by atoms with Crippen LogP contribution in [0.2, 0.25) is 10.0 Å². The molecule has 28 heavy (non-hydrogen) atoms. The SMILES string of the molecule is CC(C)N1C(=S)N(c2ccccc2)C(=O)C1CC(=O)Nc1cc(Cl)ccc1Cl. The van der Waals surface area contributed by atoms with Crippen molar-refractivity contribution in [1.82, 2.24) is 4.90 Å². The first-order chi connectivity index (χ1) is 13.3. The van der Waals surface area contributed by atoms with Crippen molar-refractivity contribution in [2.75, 3.05) is 10.2 Å². The Kier molecular flexibility index (Phi) is 6.23. The highest BCUT2D eigenvalue weighted by atomic mass is 35.5. The van der Waals surface area contributed by atoms with Crippen LogP contribution in [0.25, 0.3) is 0 Å². The Morgan fingerprint density at radius 3 is 2.50 bits per heavy atom. The summed E-state index contributed by atoms with van der Waals surface area (Å²) in [5.74, 6) is -0.567. The Hall–Kier alpha value is -2.15. The van der Waals surface area contributed by atoms with Crippen molar-refractivity contribution in [3.8, 4) is 0 Å². The normalized spacial score (nSPS) is 16.8. The van der Waals surface area contributed by atoms with Gasteiger partial charge in [-0.3, -0.25) is 14.5 Å². The molecule has 1 fully saturated rings. The molecule has 3 rings (SSSR count). The molecule has 146 valence electrons. The predicted molar refractivity (Wildman–Crippen MR) is 117 cm³/mol. The number of para-hydroxylation sites is 1. The number of carbonyl (C=O) groups excluding carboxylic acids is 2. The molecule has 0 saturated carbocycles. The van der Waals surface area contributed by atoms with Crippen LogP contribution in [-0.4, -0.2) is 33.9 Å². The largest absolute Gasteiger partial charge is 0.333 e. The zero-order chi connectivity index (χ0) is 20.4. The minimum Gasteiger partial charge on any atom is -0.333 e. The number of benzene rings is 2. The molecule has 1 atom stereocenters. The van der Waals surface area contributed by atoms with Crippen LogP contribution in [0.15, 0.2) is 48.5 Å². The van der Waals surface area contributed by atoms with Crippen LogP contribution in [0.3, 0.4) is 0 Å². The molecular formula is C20H19Cl2N3O2S. The summed E-state index contributed by atoms with van der Waals surface area (Å²) in [4.78, 5) is 29.0. The minimum atomic E-state index is -0.689. The Balaban J connectivity index is 1.83. The highest BCUT2D eigenvalue weighted by molar-refractivity contribution is 7.80. The van der Waals surface area contributed by atoms with E-state index in [0.717, 1.165) is 0 Å². The summed E-state index contributed by atoms with van der Waals surface area (Å²) in [5.41, 5.74) is 1.09. The maximum atomic E-state index is 13.1. The van der Waals surface area contributed by atoms with Crippen molar-refractivity contribution in [2.45, 2.75) is 32.4 Å². The lowest BCUT2D eigenvalue weighted by Crippen LogP contribution is -2.42. The molecule has 5 nitrogen and oxygen atoms in total. The van der Waals surface area contributed by atoms with E-state index < -0.39 is 6.04 Å². The zero-order valence-electron chi connectivity index (χ0n) is 15.4. The van der Waals surface area contributed by atoms with Crippen molar-refractivity contribution in [3.05, 3.63) is 58.6 Å². The van der Waals surface area contributed by atoms with Gasteiger partial charge in [0, 0.05) is 11.1 Å². The van der Waals surface area contributed by atoms with Crippen LogP contribution < -0.4 is 10.2 Å². The Morgan fingerprint density at radius 1 is 1.18 bits per heavy atom. The first-order valence-corrected chi connectivity index (χ1v) is 9.92. The van der Waals surface area contributed by atoms with E-state index >= 15 is 0 Å². The van der Waals surface area contributed by atoms with Gasteiger partial charge in [-0.05, 0) is 56.4 Å². The molecule has 0 aromatic heterocycles. The highest BCUT2D eigenvalue weighted by Crippen LogP contribution is 2.30. The third-order valence-corrected chi connectivity index (χ3v) is 5.36. The molecule has 2 amide bonds. The average molecular weight is 436 g/mol. The van der Waals surface area contributed by atoms with Gasteiger partial charge in [0.1, 0.15) is 6.04 Å². The quantitative estimate of drug-likeness (QED) is 0.689. The summed E-state index contributed by atoms with van der Waals surface area (Å²) in [6.45, 7) is 3.87. The second kappa shape index (κ2) is 8.47. The minimum absolute atomic E-state index is 0.0438. The Bertz CT molecular complexity index is 921. The molecule has 0 radical (unpaired) electrons. The van der Waals surface area contributed by atoms with Gasteiger partial charge >= 0.3 is 0 Å². The smallest absolute Gasteiger partial charge is 0.256 e. The second-order valence-electron chi connectivity index (χ2n) is 6.69. The molecule has 1 aliphatic rings. The van der Waals surface area contributed by atoms with E-state index in [9.17, 15) is 9.59 Å². The molecule has 1 N–H and O–H groups in total. The zero-order valence-corrected chi connectivity index (χ0v) is 17.7. The van der Waals surface area contributed by atoms with E-state index in [-0.39, 0.29) is 24.3 Å². The number of anilines is 2. The topological polar surface area (TPSA) is 52.7 Å². The number of halogens is 2. The predicted octanol–water partition coefficient (Wildman–Crippen LogP) is 4.73. The molecule has 1 heterocycles. The number of thiocarbonyl (C=S) groups is 1. The summed E-state index contributed by atoms with van der Waals surface area (Å²) in [7, 11) is 0. The first kappa shape index (κ1) is 20.6. The monoisotopic (exact) mass is 435 g/mol. The third-order valence-electron chi connectivity index (χ3n) is 4.41. The molecule has 8 heteroatoms. The molecule has 2 aromatic carbocycles. The van der Waals surface area contributed by atoms with Gasteiger partial charge in [0.2, 0.25) is 5.91 Å². The van der Waals surface area contributed by atoms with Crippen molar-refractivity contribution >= 4 is 63.7 Å². The lowest BCUT2D eigenvalue weighted by Gasteiger charge is -2.27. The van der Waals surface area contributed by atoms with Crippen LogP contribution in [-0.2, 0) is 9.59 Å². The van der Waals surface area contributed by atoms with E-state index in [1.807, 2.05) is 44.2 Å². The van der Waals surface area contributed by atoms with Gasteiger partial charge < -0.3 is 10.2 Å². The maximum Gasteiger partial charge on any atom is 0.256 e. The van der Waals surface area contributed by atoms with E-state index in [0.29, 0.717) is 26.5 Å². The van der Waals surface area contributed by atoms with Crippen molar-refractivity contribution in [3.63, 3.8) is 0 Å². The number of hydrogen-bond donors (Lipinski definition) is 1. The molecule has 1 saturated heterocycles. The number of nitrogens with zero attached hydrogens (tertiary/aromatic N) is 2. The fourth-order valence-corrected chi connectivity index (χ4v) is 4.03. The summed E-state index contributed by atoms with van der Waals surface area (Å²) in [5, 5.41) is 3.95. The molecule has 1 unspecified atom stereocenters. The van der Waals surface area contributed by atoms with Gasteiger partial charge in [-0.15, -0.1) is 0 Å². The van der Waals surface area contributed by atoms with E-state index in [1.54, 1.807) is 23.1 Å². The Labute approximate surface area is 179 Å². The number of nitrogens with one attached hydrogen (secondary N) is 1. The standard InChI is InChI=1S/C20H19Cl2N3O2S/c1-12(2)24-17(11-18(26)23-16-10-13(21)8-9-15(16)22)19(27)25(20(24)28)14-6-4-3-5-7-14/h3-10,12,17H,11H2,1-2H3,(H,23,26). The van der Waals surface area contributed by atoms with E-state index in [2.05, 4.69) is 5.32 Å². The van der Waals surface area contributed by atoms with Gasteiger partial charge in [-0.25, -0.2) is 0 Å². The van der Waals surface area contributed by atoms with Crippen molar-refractivity contribution < 1.29 is 9.59 Å². The summed E-state index contributed by atoms with van der Waals surface area (Å²) < 4.78 is 0. The van der Waals surface area contributed by atoms with Gasteiger partial charge in [-0.1, -0.05) is 41.4 Å². The van der Waals surface area contributed by atoms with E-state index in [4.69, 9.17) is 35.4 Å². The first-order valence-electron chi connectivity index (χ1n) is 8.76. The molecule has 0 aliphatic carbocycles. The summed E-state index contributed by atoms with van der Waals surface area (Å²) >= 11 is 17.6. The van der Waals surface area contributed by atoms with Gasteiger partial charge in [0.25, 0.3) is 5.91 Å². The summed E-state index contributed by atoms with van der Waals surface area (Å²) in [6.07, 6.45) is -0.0523. The van der Waals surface area contributed by atoms with E-state index in [1.165, 1.54) is 4.90 Å².